The van der Waals surface area contributed by atoms with E-state index in [0.29, 0.717) is 24.2 Å². The average Bonchev–Trinajstić information content (AvgIpc) is 3.52. The first kappa shape index (κ1) is 21.1. The van der Waals surface area contributed by atoms with Crippen LogP contribution in [0.2, 0.25) is 0 Å². The van der Waals surface area contributed by atoms with Crippen molar-refractivity contribution >= 4 is 16.6 Å². The van der Waals surface area contributed by atoms with Crippen LogP contribution in [0.1, 0.15) is 25.3 Å². The standard InChI is InChI=1S/C20H24F2N6O3/c1-31-18-16-13(19(29)28(24)20(30)27(16)12-3-4-12)7-14(21)17(18)26-9-11(15(22)10-26)8-25-6-2-5-23/h7,11-12,15,25H,2-4,6,8-10,24H2,1H3/t11-,15+/m0/s1. The van der Waals surface area contributed by atoms with E-state index in [1.165, 1.54) is 11.7 Å². The number of hydrogen-bond donors (Lipinski definition) is 2. The lowest BCUT2D eigenvalue weighted by Crippen LogP contribution is -2.44. The second kappa shape index (κ2) is 8.19. The molecule has 1 aliphatic heterocycles. The highest BCUT2D eigenvalue weighted by Gasteiger charge is 2.37. The van der Waals surface area contributed by atoms with E-state index in [1.54, 1.807) is 4.90 Å². The molecule has 2 heterocycles. The van der Waals surface area contributed by atoms with Crippen molar-refractivity contribution in [1.29, 1.82) is 5.26 Å². The summed E-state index contributed by atoms with van der Waals surface area (Å²) in [5.41, 5.74) is -1.30. The molecule has 1 saturated carbocycles. The second-order valence-electron chi connectivity index (χ2n) is 7.99. The summed E-state index contributed by atoms with van der Waals surface area (Å²) in [6, 6.07) is 2.91. The Hall–Kier alpha value is -3.13. The van der Waals surface area contributed by atoms with Crippen molar-refractivity contribution in [1.82, 2.24) is 14.6 Å². The van der Waals surface area contributed by atoms with Crippen LogP contribution in [0.3, 0.4) is 0 Å². The third kappa shape index (κ3) is 3.61. The van der Waals surface area contributed by atoms with Crippen LogP contribution in [0.25, 0.3) is 10.9 Å². The fourth-order valence-electron chi connectivity index (χ4n) is 4.23. The Morgan fingerprint density at radius 1 is 1.35 bits per heavy atom. The summed E-state index contributed by atoms with van der Waals surface area (Å²) in [7, 11) is 1.33. The van der Waals surface area contributed by atoms with Gasteiger partial charge in [0, 0.05) is 44.6 Å². The van der Waals surface area contributed by atoms with Crippen LogP contribution >= 0.6 is 0 Å². The summed E-state index contributed by atoms with van der Waals surface area (Å²) in [4.78, 5) is 26.8. The molecule has 4 rings (SSSR count). The van der Waals surface area contributed by atoms with Gasteiger partial charge in [0.05, 0.1) is 18.6 Å². The zero-order valence-electron chi connectivity index (χ0n) is 17.1. The highest BCUT2D eigenvalue weighted by molar-refractivity contribution is 5.91. The lowest BCUT2D eigenvalue weighted by Gasteiger charge is -2.24. The van der Waals surface area contributed by atoms with Gasteiger partial charge in [0.25, 0.3) is 5.56 Å². The highest BCUT2D eigenvalue weighted by atomic mass is 19.1. The van der Waals surface area contributed by atoms with Gasteiger partial charge in [-0.15, -0.1) is 0 Å². The number of nitrogens with zero attached hydrogens (tertiary/aromatic N) is 4. The van der Waals surface area contributed by atoms with E-state index in [4.69, 9.17) is 15.8 Å². The molecule has 2 atom stereocenters. The number of fused-ring (bicyclic) bond motifs is 1. The topological polar surface area (TPSA) is 118 Å². The van der Waals surface area contributed by atoms with Crippen molar-refractivity contribution in [3.63, 3.8) is 0 Å². The number of ether oxygens (including phenoxy) is 1. The van der Waals surface area contributed by atoms with Crippen molar-refractivity contribution in [3.05, 3.63) is 32.7 Å². The molecule has 0 amide bonds. The van der Waals surface area contributed by atoms with Gasteiger partial charge in [-0.3, -0.25) is 9.36 Å². The fraction of sp³-hybridized carbons (Fsp3) is 0.550. The molecule has 0 unspecified atom stereocenters. The normalized spacial score (nSPS) is 20.9. The number of rotatable bonds is 7. The zero-order chi connectivity index (χ0) is 22.3. The monoisotopic (exact) mass is 434 g/mol. The molecule has 166 valence electrons. The molecule has 1 aliphatic carbocycles. The van der Waals surface area contributed by atoms with Crippen molar-refractivity contribution in [2.24, 2.45) is 5.92 Å². The first-order valence-corrected chi connectivity index (χ1v) is 10.2. The minimum atomic E-state index is -1.21. The predicted molar refractivity (Wildman–Crippen MR) is 111 cm³/mol. The number of hydrogen-bond acceptors (Lipinski definition) is 7. The Kier molecular flexibility index (Phi) is 5.58. The molecule has 0 bridgehead atoms. The van der Waals surface area contributed by atoms with Gasteiger partial charge in [0.2, 0.25) is 0 Å². The molecule has 1 saturated heterocycles. The Morgan fingerprint density at radius 3 is 2.74 bits per heavy atom. The zero-order valence-corrected chi connectivity index (χ0v) is 17.1. The van der Waals surface area contributed by atoms with Gasteiger partial charge in [-0.2, -0.15) is 9.94 Å². The molecule has 31 heavy (non-hydrogen) atoms. The Balaban J connectivity index is 1.79. The maximum absolute atomic E-state index is 15.2. The minimum absolute atomic E-state index is 0.0279. The summed E-state index contributed by atoms with van der Waals surface area (Å²) < 4.78 is 37.3. The molecule has 2 fully saturated rings. The first-order chi connectivity index (χ1) is 14.9. The van der Waals surface area contributed by atoms with Crippen molar-refractivity contribution in [2.45, 2.75) is 31.5 Å². The number of anilines is 1. The van der Waals surface area contributed by atoms with Crippen LogP contribution in [0, 0.1) is 23.1 Å². The van der Waals surface area contributed by atoms with Gasteiger partial charge in [0.15, 0.2) is 11.6 Å². The molecule has 11 heteroatoms. The number of nitrogens with one attached hydrogen (secondary N) is 1. The van der Waals surface area contributed by atoms with Gasteiger partial charge in [-0.1, -0.05) is 0 Å². The van der Waals surface area contributed by atoms with E-state index in [1.807, 2.05) is 6.07 Å². The molecule has 0 radical (unpaired) electrons. The van der Waals surface area contributed by atoms with Crippen LogP contribution in [0.4, 0.5) is 14.5 Å². The maximum atomic E-state index is 15.2. The van der Waals surface area contributed by atoms with Crippen molar-refractivity contribution < 1.29 is 13.5 Å². The minimum Gasteiger partial charge on any atom is -0.492 e. The molecular weight excluding hydrogens is 410 g/mol. The van der Waals surface area contributed by atoms with Crippen LogP contribution in [0.15, 0.2) is 15.7 Å². The number of nitriles is 1. The van der Waals surface area contributed by atoms with Gasteiger partial charge in [-0.25, -0.2) is 13.6 Å². The lowest BCUT2D eigenvalue weighted by atomic mass is 10.1. The SMILES string of the molecule is COc1c(N2C[C@H](CNCCC#N)[C@H](F)C2)c(F)cc2c(=O)n(N)c(=O)n(C3CC3)c12. The molecule has 1 aromatic carbocycles. The van der Waals surface area contributed by atoms with Crippen LogP contribution in [-0.4, -0.2) is 48.7 Å². The number of methoxy groups -OCH3 is 1. The lowest BCUT2D eigenvalue weighted by molar-refractivity contribution is 0.277. The Bertz CT molecular complexity index is 1170. The van der Waals surface area contributed by atoms with Gasteiger partial charge in [-0.05, 0) is 18.9 Å². The maximum Gasteiger partial charge on any atom is 0.350 e. The number of alkyl halides is 1. The van der Waals surface area contributed by atoms with Gasteiger partial charge >= 0.3 is 5.69 Å². The van der Waals surface area contributed by atoms with E-state index in [0.717, 1.165) is 18.9 Å². The van der Waals surface area contributed by atoms with E-state index in [2.05, 4.69) is 5.32 Å². The molecule has 9 nitrogen and oxygen atoms in total. The van der Waals surface area contributed by atoms with E-state index in [-0.39, 0.29) is 41.5 Å². The van der Waals surface area contributed by atoms with Crippen LogP contribution < -0.4 is 32.0 Å². The average molecular weight is 434 g/mol. The first-order valence-electron chi connectivity index (χ1n) is 10.2. The summed E-state index contributed by atoms with van der Waals surface area (Å²) in [5, 5.41) is 11.6. The van der Waals surface area contributed by atoms with Crippen LogP contribution in [-0.2, 0) is 0 Å². The Labute approximate surface area is 176 Å². The Morgan fingerprint density at radius 2 is 2.10 bits per heavy atom. The second-order valence-corrected chi connectivity index (χ2v) is 7.99. The fourth-order valence-corrected chi connectivity index (χ4v) is 4.23. The number of aromatic nitrogens is 2. The third-order valence-electron chi connectivity index (χ3n) is 5.90. The van der Waals surface area contributed by atoms with E-state index < -0.39 is 29.2 Å². The number of nitrogens with two attached hydrogens (primary N) is 1. The molecular formula is C20H24F2N6O3. The predicted octanol–water partition coefficient (Wildman–Crippen LogP) is 0.637. The number of benzene rings is 1. The van der Waals surface area contributed by atoms with Crippen molar-refractivity contribution in [2.75, 3.05) is 44.0 Å². The molecule has 1 aromatic heterocycles. The molecule has 2 aromatic rings. The number of halogens is 2. The van der Waals surface area contributed by atoms with E-state index >= 15 is 4.39 Å². The summed E-state index contributed by atoms with van der Waals surface area (Å²) in [5.74, 6) is 4.53. The number of nitrogen functional groups attached to an aromatic ring is 1. The summed E-state index contributed by atoms with van der Waals surface area (Å²) in [6.45, 7) is 0.972. The summed E-state index contributed by atoms with van der Waals surface area (Å²) in [6.07, 6.45) is 0.570. The van der Waals surface area contributed by atoms with Gasteiger partial charge in [0.1, 0.15) is 17.4 Å². The smallest absolute Gasteiger partial charge is 0.350 e. The molecule has 3 N–H and O–H groups in total. The third-order valence-corrected chi connectivity index (χ3v) is 5.90. The van der Waals surface area contributed by atoms with Crippen molar-refractivity contribution in [3.8, 4) is 11.8 Å². The largest absolute Gasteiger partial charge is 0.492 e. The molecule has 0 spiro atoms. The molecule has 2 aliphatic rings. The van der Waals surface area contributed by atoms with E-state index in [9.17, 15) is 14.0 Å². The summed E-state index contributed by atoms with van der Waals surface area (Å²) >= 11 is 0. The van der Waals surface area contributed by atoms with Crippen LogP contribution in [0.5, 0.6) is 5.75 Å². The quantitative estimate of drug-likeness (QED) is 0.485. The van der Waals surface area contributed by atoms with Gasteiger partial charge < -0.3 is 20.8 Å². The highest BCUT2D eigenvalue weighted by Crippen LogP contribution is 2.43.